The topological polar surface area (TPSA) is 125 Å². The van der Waals surface area contributed by atoms with Gasteiger partial charge in [-0.2, -0.15) is 5.26 Å². The van der Waals surface area contributed by atoms with Crippen LogP contribution in [0.5, 0.6) is 5.75 Å². The first-order valence-electron chi connectivity index (χ1n) is 5.86. The first-order valence-corrected chi connectivity index (χ1v) is 6.94. The monoisotopic (exact) mass is 403 g/mol. The summed E-state index contributed by atoms with van der Waals surface area (Å²) in [5.41, 5.74) is -1.18. The van der Waals surface area contributed by atoms with E-state index >= 15 is 0 Å². The van der Waals surface area contributed by atoms with Crippen LogP contribution in [0.15, 0.2) is 12.1 Å². The molecule has 1 aromatic rings. The number of halogens is 1. The summed E-state index contributed by atoms with van der Waals surface area (Å²) >= 11 is 1.83. The summed E-state index contributed by atoms with van der Waals surface area (Å²) in [6, 6.07) is 4.43. The minimum absolute atomic E-state index is 0.00218. The Bertz CT molecular complexity index is 651. The number of nitro benzene ring substituents is 1. The number of ether oxygens (including phenoxy) is 1. The lowest BCUT2D eigenvalue weighted by Crippen LogP contribution is -2.64. The molecular weight excluding hydrogens is 393 g/mol. The van der Waals surface area contributed by atoms with Crippen LogP contribution in [-0.4, -0.2) is 34.7 Å². The predicted molar refractivity (Wildman–Crippen MR) is 79.0 cm³/mol. The van der Waals surface area contributed by atoms with Crippen LogP contribution in [0.25, 0.3) is 0 Å². The van der Waals surface area contributed by atoms with E-state index in [1.807, 2.05) is 28.7 Å². The third kappa shape index (κ3) is 3.22. The molecular formula is C12H10IN3O5. The smallest absolute Gasteiger partial charge is 0.313 e. The maximum Gasteiger partial charge on any atom is 0.313 e. The number of benzene rings is 1. The van der Waals surface area contributed by atoms with Gasteiger partial charge in [-0.3, -0.25) is 14.9 Å². The van der Waals surface area contributed by atoms with Crippen LogP contribution >= 0.6 is 22.6 Å². The SMILES string of the molecule is N#Cc1cc(I)c(OC2(CC(=O)O)CNC2)c([N+](=O)[O-])c1. The number of rotatable bonds is 5. The quantitative estimate of drug-likeness (QED) is 0.431. The van der Waals surface area contributed by atoms with Crippen LogP contribution < -0.4 is 10.1 Å². The molecule has 0 radical (unpaired) electrons. The summed E-state index contributed by atoms with van der Waals surface area (Å²) in [6.07, 6.45) is -0.257. The second-order valence-electron chi connectivity index (χ2n) is 4.63. The minimum Gasteiger partial charge on any atom is -0.481 e. The summed E-state index contributed by atoms with van der Waals surface area (Å²) in [5, 5.41) is 31.8. The van der Waals surface area contributed by atoms with Gasteiger partial charge in [0.15, 0.2) is 0 Å². The molecule has 1 aliphatic rings. The Labute approximate surface area is 133 Å². The van der Waals surface area contributed by atoms with Crippen LogP contribution in [0.4, 0.5) is 5.69 Å². The molecule has 0 bridgehead atoms. The highest BCUT2D eigenvalue weighted by Crippen LogP contribution is 2.37. The Morgan fingerprint density at radius 3 is 2.71 bits per heavy atom. The van der Waals surface area contributed by atoms with Gasteiger partial charge < -0.3 is 15.2 Å². The van der Waals surface area contributed by atoms with Crippen LogP contribution in [0.2, 0.25) is 0 Å². The van der Waals surface area contributed by atoms with Crippen molar-refractivity contribution in [3.8, 4) is 11.8 Å². The third-order valence-corrected chi connectivity index (χ3v) is 3.84. The highest BCUT2D eigenvalue weighted by molar-refractivity contribution is 14.1. The summed E-state index contributed by atoms with van der Waals surface area (Å²) in [5.74, 6) is -1.04. The molecule has 8 nitrogen and oxygen atoms in total. The number of nitrogens with zero attached hydrogens (tertiary/aromatic N) is 2. The van der Waals surface area contributed by atoms with Crippen molar-refractivity contribution in [3.05, 3.63) is 31.4 Å². The molecule has 21 heavy (non-hydrogen) atoms. The van der Waals surface area contributed by atoms with E-state index in [4.69, 9.17) is 15.1 Å². The largest absolute Gasteiger partial charge is 0.481 e. The molecule has 0 unspecified atom stereocenters. The van der Waals surface area contributed by atoms with Crippen LogP contribution in [0.3, 0.4) is 0 Å². The summed E-state index contributed by atoms with van der Waals surface area (Å²) in [4.78, 5) is 21.4. The Hall–Kier alpha value is -1.93. The number of carboxylic acids is 1. The van der Waals surface area contributed by atoms with E-state index in [9.17, 15) is 14.9 Å². The molecule has 110 valence electrons. The van der Waals surface area contributed by atoms with Gasteiger partial charge in [-0.15, -0.1) is 0 Å². The number of aliphatic carboxylic acids is 1. The van der Waals surface area contributed by atoms with Gasteiger partial charge in [-0.05, 0) is 28.7 Å². The fourth-order valence-electron chi connectivity index (χ4n) is 2.01. The highest BCUT2D eigenvalue weighted by Gasteiger charge is 2.43. The van der Waals surface area contributed by atoms with Gasteiger partial charge in [0.25, 0.3) is 0 Å². The molecule has 0 saturated carbocycles. The lowest BCUT2D eigenvalue weighted by atomic mass is 9.92. The number of nitrogens with one attached hydrogen (secondary N) is 1. The lowest BCUT2D eigenvalue weighted by Gasteiger charge is -2.41. The maximum atomic E-state index is 11.1. The maximum absolute atomic E-state index is 11.1. The second kappa shape index (κ2) is 5.82. The number of carbonyl (C=O) groups is 1. The lowest BCUT2D eigenvalue weighted by molar-refractivity contribution is -0.386. The Balaban J connectivity index is 2.41. The average Bonchev–Trinajstić information content (AvgIpc) is 2.36. The van der Waals surface area contributed by atoms with E-state index in [-0.39, 0.29) is 23.4 Å². The van der Waals surface area contributed by atoms with Gasteiger partial charge in [0.05, 0.1) is 26.5 Å². The second-order valence-corrected chi connectivity index (χ2v) is 5.80. The number of hydrogen-bond donors (Lipinski definition) is 2. The van der Waals surface area contributed by atoms with Crippen molar-refractivity contribution in [2.24, 2.45) is 0 Å². The predicted octanol–water partition coefficient (Wildman–Crippen LogP) is 1.27. The van der Waals surface area contributed by atoms with E-state index in [1.54, 1.807) is 0 Å². The molecule has 0 aromatic heterocycles. The highest BCUT2D eigenvalue weighted by atomic mass is 127. The summed E-state index contributed by atoms with van der Waals surface area (Å²) < 4.78 is 6.07. The van der Waals surface area contributed by atoms with Crippen LogP contribution in [-0.2, 0) is 4.79 Å². The molecule has 1 aromatic carbocycles. The van der Waals surface area contributed by atoms with E-state index in [0.29, 0.717) is 16.7 Å². The first kappa shape index (κ1) is 15.5. The van der Waals surface area contributed by atoms with E-state index in [2.05, 4.69) is 5.32 Å². The molecule has 1 fully saturated rings. The van der Waals surface area contributed by atoms with Crippen molar-refractivity contribution in [1.29, 1.82) is 5.26 Å². The minimum atomic E-state index is -1.04. The standard InChI is InChI=1S/C12H10IN3O5/c13-8-1-7(4-14)2-9(16(19)20)11(8)21-12(3-10(17)18)5-15-6-12/h1-2,15H,3,5-6H2,(H,17,18). The molecule has 1 aliphatic heterocycles. The van der Waals surface area contributed by atoms with Crippen molar-refractivity contribution in [3.63, 3.8) is 0 Å². The van der Waals surface area contributed by atoms with Crippen LogP contribution in [0, 0.1) is 25.0 Å². The Kier molecular flexibility index (Phi) is 4.29. The van der Waals surface area contributed by atoms with Crippen molar-refractivity contribution in [2.75, 3.05) is 13.1 Å². The van der Waals surface area contributed by atoms with Gasteiger partial charge in [-0.25, -0.2) is 0 Å². The molecule has 1 heterocycles. The third-order valence-electron chi connectivity index (χ3n) is 3.04. The Morgan fingerprint density at radius 1 is 1.62 bits per heavy atom. The van der Waals surface area contributed by atoms with Crippen molar-refractivity contribution in [2.45, 2.75) is 12.0 Å². The molecule has 2 rings (SSSR count). The van der Waals surface area contributed by atoms with Gasteiger partial charge in [0.1, 0.15) is 5.60 Å². The normalized spacial score (nSPS) is 15.6. The van der Waals surface area contributed by atoms with Gasteiger partial charge in [0, 0.05) is 19.2 Å². The number of hydrogen-bond acceptors (Lipinski definition) is 6. The molecule has 0 aliphatic carbocycles. The summed E-state index contributed by atoms with van der Waals surface area (Å²) in [6.45, 7) is 0.596. The number of carboxylic acid groups (broad SMARTS) is 1. The van der Waals surface area contributed by atoms with Crippen molar-refractivity contribution in [1.82, 2.24) is 5.32 Å². The Morgan fingerprint density at radius 2 is 2.29 bits per heavy atom. The molecule has 1 saturated heterocycles. The van der Waals surface area contributed by atoms with E-state index in [1.165, 1.54) is 6.07 Å². The number of nitro groups is 1. The van der Waals surface area contributed by atoms with Crippen molar-refractivity contribution >= 4 is 34.2 Å². The zero-order valence-corrected chi connectivity index (χ0v) is 12.8. The molecule has 0 spiro atoms. The molecule has 0 amide bonds. The fourth-order valence-corrected chi connectivity index (χ4v) is 2.73. The number of nitriles is 1. The molecule has 0 atom stereocenters. The van der Waals surface area contributed by atoms with Gasteiger partial charge in [-0.1, -0.05) is 0 Å². The fraction of sp³-hybridized carbons (Fsp3) is 0.333. The molecule has 9 heteroatoms. The first-order chi connectivity index (χ1) is 9.87. The summed E-state index contributed by atoms with van der Waals surface area (Å²) in [7, 11) is 0. The van der Waals surface area contributed by atoms with E-state index in [0.717, 1.165) is 6.07 Å². The molecule has 2 N–H and O–H groups in total. The van der Waals surface area contributed by atoms with Crippen molar-refractivity contribution < 1.29 is 19.6 Å². The zero-order valence-electron chi connectivity index (χ0n) is 10.6. The average molecular weight is 403 g/mol. The van der Waals surface area contributed by atoms with Gasteiger partial charge >= 0.3 is 11.7 Å². The van der Waals surface area contributed by atoms with Crippen LogP contribution in [0.1, 0.15) is 12.0 Å². The van der Waals surface area contributed by atoms with E-state index < -0.39 is 16.5 Å². The zero-order chi connectivity index (χ0) is 15.6. The van der Waals surface area contributed by atoms with Gasteiger partial charge in [0.2, 0.25) is 5.75 Å².